The molecule has 0 aliphatic heterocycles. The number of Topliss-reactive ketones (excluding diaryl/α,β-unsaturated/α-hetero) is 1. The van der Waals surface area contributed by atoms with Gasteiger partial charge in [-0.25, -0.2) is 0 Å². The second kappa shape index (κ2) is 4.24. The topological polar surface area (TPSA) is 29.1 Å². The summed E-state index contributed by atoms with van der Waals surface area (Å²) in [4.78, 5) is 13.1. The standard InChI is InChI=1S/C11H14ClNOS/c1-13-11(6-3-2-4-9(11)14)10-8(12)5-7-15-10/h5,7,13H,2-4,6H2,1H3/t11-/m0/s1. The lowest BCUT2D eigenvalue weighted by Crippen LogP contribution is -2.48. The van der Waals surface area contributed by atoms with Gasteiger partial charge >= 0.3 is 0 Å². The minimum absolute atomic E-state index is 0.278. The Labute approximate surface area is 98.6 Å². The summed E-state index contributed by atoms with van der Waals surface area (Å²) in [5.74, 6) is 0.278. The van der Waals surface area contributed by atoms with E-state index >= 15 is 0 Å². The summed E-state index contributed by atoms with van der Waals surface area (Å²) in [6, 6.07) is 1.86. The van der Waals surface area contributed by atoms with Crippen LogP contribution in [0, 0.1) is 0 Å². The Morgan fingerprint density at radius 2 is 2.33 bits per heavy atom. The van der Waals surface area contributed by atoms with Crippen LogP contribution in [0.5, 0.6) is 0 Å². The highest BCUT2D eigenvalue weighted by Crippen LogP contribution is 2.40. The third-order valence-corrected chi connectivity index (χ3v) is 4.62. The summed E-state index contributed by atoms with van der Waals surface area (Å²) >= 11 is 7.69. The van der Waals surface area contributed by atoms with Crippen molar-refractivity contribution in [1.82, 2.24) is 5.32 Å². The van der Waals surface area contributed by atoms with Gasteiger partial charge in [0.15, 0.2) is 5.78 Å². The van der Waals surface area contributed by atoms with E-state index in [2.05, 4.69) is 5.32 Å². The number of carbonyl (C=O) groups excluding carboxylic acids is 1. The number of likely N-dealkylation sites (N-methyl/N-ethyl adjacent to an activating group) is 1. The van der Waals surface area contributed by atoms with Crippen molar-refractivity contribution in [3.8, 4) is 0 Å². The molecule has 0 aromatic carbocycles. The summed E-state index contributed by atoms with van der Waals surface area (Å²) < 4.78 is 0. The highest BCUT2D eigenvalue weighted by atomic mass is 35.5. The SMILES string of the molecule is CN[C@@]1(c2sccc2Cl)CCCCC1=O. The van der Waals surface area contributed by atoms with Crippen molar-refractivity contribution < 1.29 is 4.79 Å². The molecule has 4 heteroatoms. The van der Waals surface area contributed by atoms with Gasteiger partial charge in [-0.1, -0.05) is 18.0 Å². The van der Waals surface area contributed by atoms with E-state index in [1.165, 1.54) is 0 Å². The van der Waals surface area contributed by atoms with Crippen LogP contribution in [0.2, 0.25) is 5.02 Å². The molecule has 2 rings (SSSR count). The molecule has 0 bridgehead atoms. The highest BCUT2D eigenvalue weighted by Gasteiger charge is 2.42. The molecule has 1 heterocycles. The molecule has 2 nitrogen and oxygen atoms in total. The molecule has 0 unspecified atom stereocenters. The quantitative estimate of drug-likeness (QED) is 0.865. The third-order valence-electron chi connectivity index (χ3n) is 3.11. The lowest BCUT2D eigenvalue weighted by Gasteiger charge is -2.35. The number of hydrogen-bond acceptors (Lipinski definition) is 3. The molecule has 0 amide bonds. The molecule has 82 valence electrons. The number of rotatable bonds is 2. The van der Waals surface area contributed by atoms with E-state index in [1.54, 1.807) is 11.3 Å². The predicted octanol–water partition coefficient (Wildman–Crippen LogP) is 2.96. The number of hydrogen-bond donors (Lipinski definition) is 1. The molecule has 0 spiro atoms. The molecule has 1 aromatic heterocycles. The molecule has 1 saturated carbocycles. The minimum atomic E-state index is -0.510. The fraction of sp³-hybridized carbons (Fsp3) is 0.545. The number of nitrogens with one attached hydrogen (secondary N) is 1. The van der Waals surface area contributed by atoms with Gasteiger partial charge in [-0.15, -0.1) is 11.3 Å². The summed E-state index contributed by atoms with van der Waals surface area (Å²) in [6.07, 6.45) is 3.61. The first-order valence-electron chi connectivity index (χ1n) is 5.16. The molecule has 1 aliphatic carbocycles. The van der Waals surface area contributed by atoms with Crippen LogP contribution in [0.4, 0.5) is 0 Å². The maximum absolute atomic E-state index is 12.1. The van der Waals surface area contributed by atoms with E-state index in [4.69, 9.17) is 11.6 Å². The summed E-state index contributed by atoms with van der Waals surface area (Å²) in [5, 5.41) is 5.84. The van der Waals surface area contributed by atoms with Crippen LogP contribution in [0.15, 0.2) is 11.4 Å². The Hall–Kier alpha value is -0.380. The van der Waals surface area contributed by atoms with Crippen molar-refractivity contribution in [2.45, 2.75) is 31.2 Å². The summed E-state index contributed by atoms with van der Waals surface area (Å²) in [6.45, 7) is 0. The lowest BCUT2D eigenvalue weighted by atomic mass is 9.79. The van der Waals surface area contributed by atoms with Crippen LogP contribution in [-0.2, 0) is 10.3 Å². The largest absolute Gasteiger partial charge is 0.304 e. The van der Waals surface area contributed by atoms with Gasteiger partial charge < -0.3 is 5.32 Å². The second-order valence-corrected chi connectivity index (χ2v) is 5.21. The van der Waals surface area contributed by atoms with Crippen molar-refractivity contribution >= 4 is 28.7 Å². The van der Waals surface area contributed by atoms with Crippen LogP contribution >= 0.6 is 22.9 Å². The van der Waals surface area contributed by atoms with Crippen molar-refractivity contribution in [3.05, 3.63) is 21.3 Å². The van der Waals surface area contributed by atoms with Crippen LogP contribution < -0.4 is 5.32 Å². The van der Waals surface area contributed by atoms with Crippen molar-refractivity contribution in [2.24, 2.45) is 0 Å². The number of thiophene rings is 1. The van der Waals surface area contributed by atoms with Gasteiger partial charge in [0.2, 0.25) is 0 Å². The zero-order valence-corrected chi connectivity index (χ0v) is 10.3. The van der Waals surface area contributed by atoms with Gasteiger partial charge in [-0.2, -0.15) is 0 Å². The number of ketones is 1. The van der Waals surface area contributed by atoms with E-state index in [0.717, 1.165) is 24.1 Å². The zero-order chi connectivity index (χ0) is 10.9. The minimum Gasteiger partial charge on any atom is -0.304 e. The molecule has 1 fully saturated rings. The lowest BCUT2D eigenvalue weighted by molar-refractivity contribution is -0.127. The van der Waals surface area contributed by atoms with Crippen molar-refractivity contribution in [3.63, 3.8) is 0 Å². The smallest absolute Gasteiger partial charge is 0.158 e. The van der Waals surface area contributed by atoms with Crippen molar-refractivity contribution in [1.29, 1.82) is 0 Å². The molecular weight excluding hydrogens is 230 g/mol. The van der Waals surface area contributed by atoms with E-state index < -0.39 is 5.54 Å². The Kier molecular flexibility index (Phi) is 3.14. The van der Waals surface area contributed by atoms with E-state index in [-0.39, 0.29) is 5.78 Å². The van der Waals surface area contributed by atoms with Gasteiger partial charge in [-0.3, -0.25) is 4.79 Å². The average molecular weight is 244 g/mol. The Bertz CT molecular complexity index is 376. The Morgan fingerprint density at radius 3 is 2.87 bits per heavy atom. The maximum atomic E-state index is 12.1. The molecule has 1 atom stereocenters. The van der Waals surface area contributed by atoms with Crippen LogP contribution in [0.3, 0.4) is 0 Å². The molecule has 1 aromatic rings. The van der Waals surface area contributed by atoms with Crippen LogP contribution in [0.25, 0.3) is 0 Å². The Balaban J connectivity index is 2.44. The molecule has 0 saturated heterocycles. The van der Waals surface area contributed by atoms with Crippen molar-refractivity contribution in [2.75, 3.05) is 7.05 Å². The molecule has 1 N–H and O–H groups in total. The maximum Gasteiger partial charge on any atom is 0.158 e. The predicted molar refractivity (Wildman–Crippen MR) is 63.5 cm³/mol. The number of halogens is 1. The molecule has 15 heavy (non-hydrogen) atoms. The molecular formula is C11H14ClNOS. The fourth-order valence-electron chi connectivity index (χ4n) is 2.24. The van der Waals surface area contributed by atoms with Crippen LogP contribution in [0.1, 0.15) is 30.6 Å². The summed E-state index contributed by atoms with van der Waals surface area (Å²) in [5.41, 5.74) is -0.510. The van der Waals surface area contributed by atoms with E-state index in [0.29, 0.717) is 11.4 Å². The highest BCUT2D eigenvalue weighted by molar-refractivity contribution is 7.10. The van der Waals surface area contributed by atoms with Gasteiger partial charge in [0.05, 0.1) is 9.90 Å². The van der Waals surface area contributed by atoms with Gasteiger partial charge in [0.1, 0.15) is 5.54 Å². The van der Waals surface area contributed by atoms with Gasteiger partial charge in [-0.05, 0) is 31.3 Å². The summed E-state index contributed by atoms with van der Waals surface area (Å²) in [7, 11) is 1.85. The zero-order valence-electron chi connectivity index (χ0n) is 8.68. The molecule has 0 radical (unpaired) electrons. The third kappa shape index (κ3) is 1.73. The second-order valence-electron chi connectivity index (χ2n) is 3.88. The van der Waals surface area contributed by atoms with Crippen LogP contribution in [-0.4, -0.2) is 12.8 Å². The monoisotopic (exact) mass is 243 g/mol. The molecule has 1 aliphatic rings. The fourth-order valence-corrected chi connectivity index (χ4v) is 3.72. The van der Waals surface area contributed by atoms with E-state index in [9.17, 15) is 4.79 Å². The van der Waals surface area contributed by atoms with Gasteiger partial charge in [0, 0.05) is 6.42 Å². The average Bonchev–Trinajstić information content (AvgIpc) is 2.66. The first kappa shape index (κ1) is 11.1. The normalized spacial score (nSPS) is 26.9. The van der Waals surface area contributed by atoms with Gasteiger partial charge in [0.25, 0.3) is 0 Å². The first-order valence-corrected chi connectivity index (χ1v) is 6.42. The first-order chi connectivity index (χ1) is 7.20. The number of carbonyl (C=O) groups is 1. The van der Waals surface area contributed by atoms with E-state index in [1.807, 2.05) is 18.5 Å². The Morgan fingerprint density at radius 1 is 1.53 bits per heavy atom.